The molecule has 2 N–H and O–H groups in total. The van der Waals surface area contributed by atoms with Gasteiger partial charge in [0.2, 0.25) is 10.0 Å². The maximum Gasteiger partial charge on any atom is 0.240 e. The molecule has 1 aromatic rings. The Bertz CT molecular complexity index is 500. The lowest BCUT2D eigenvalue weighted by Crippen LogP contribution is -2.34. The molecule has 0 bridgehead atoms. The normalized spacial score (nSPS) is 13.7. The molecular weight excluding hydrogens is 264 g/mol. The second-order valence-corrected chi connectivity index (χ2v) is 6.63. The fourth-order valence-corrected chi connectivity index (χ4v) is 3.00. The van der Waals surface area contributed by atoms with Gasteiger partial charge in [-0.15, -0.1) is 0 Å². The van der Waals surface area contributed by atoms with Crippen LogP contribution in [0.3, 0.4) is 0 Å². The van der Waals surface area contributed by atoms with E-state index in [1.54, 1.807) is 12.1 Å². The van der Waals surface area contributed by atoms with Crippen molar-refractivity contribution in [3.63, 3.8) is 0 Å². The van der Waals surface area contributed by atoms with E-state index in [9.17, 15) is 8.42 Å². The lowest BCUT2D eigenvalue weighted by atomic mass is 10.2. The van der Waals surface area contributed by atoms with Crippen molar-refractivity contribution in [2.45, 2.75) is 30.9 Å². The third kappa shape index (κ3) is 5.28. The van der Waals surface area contributed by atoms with Crippen molar-refractivity contribution in [1.82, 2.24) is 9.62 Å². The van der Waals surface area contributed by atoms with Gasteiger partial charge in [0.25, 0.3) is 0 Å². The first-order valence-electron chi connectivity index (χ1n) is 6.22. The highest BCUT2D eigenvalue weighted by Gasteiger charge is 2.17. The van der Waals surface area contributed by atoms with Crippen LogP contribution in [0.1, 0.15) is 18.9 Å². The minimum atomic E-state index is -3.52. The molecule has 0 aliphatic carbocycles. The number of sulfonamides is 1. The minimum absolute atomic E-state index is 0.134. The number of nitrogens with zero attached hydrogens (tertiary/aromatic N) is 1. The molecule has 0 aliphatic rings. The Kier molecular flexibility index (Phi) is 5.93. The number of benzene rings is 1. The molecule has 1 rings (SSSR count). The summed E-state index contributed by atoms with van der Waals surface area (Å²) in [6.45, 7) is 2.50. The molecular formula is C13H22N2O3S. The average molecular weight is 286 g/mol. The molecule has 0 heterocycles. The molecule has 1 atom stereocenters. The summed E-state index contributed by atoms with van der Waals surface area (Å²) in [5, 5.41) is 9.03. The van der Waals surface area contributed by atoms with Gasteiger partial charge in [-0.3, -0.25) is 0 Å². The van der Waals surface area contributed by atoms with E-state index in [0.29, 0.717) is 5.56 Å². The molecule has 19 heavy (non-hydrogen) atoms. The number of aliphatic hydroxyl groups excluding tert-OH is 1. The molecule has 0 aliphatic heterocycles. The third-order valence-corrected chi connectivity index (χ3v) is 4.34. The zero-order valence-corrected chi connectivity index (χ0v) is 12.4. The van der Waals surface area contributed by atoms with E-state index in [1.165, 1.54) is 12.1 Å². The van der Waals surface area contributed by atoms with Crippen LogP contribution in [0.4, 0.5) is 0 Å². The van der Waals surface area contributed by atoms with E-state index in [4.69, 9.17) is 5.11 Å². The minimum Gasteiger partial charge on any atom is -0.392 e. The fourth-order valence-electron chi connectivity index (χ4n) is 1.65. The van der Waals surface area contributed by atoms with Gasteiger partial charge in [-0.2, -0.15) is 0 Å². The highest BCUT2D eigenvalue weighted by molar-refractivity contribution is 7.89. The van der Waals surface area contributed by atoms with Crippen LogP contribution in [0.5, 0.6) is 0 Å². The van der Waals surface area contributed by atoms with Crippen molar-refractivity contribution in [2.75, 3.05) is 20.6 Å². The second-order valence-electron chi connectivity index (χ2n) is 4.92. The predicted molar refractivity (Wildman–Crippen MR) is 75.3 cm³/mol. The van der Waals surface area contributed by atoms with Gasteiger partial charge in [0, 0.05) is 6.04 Å². The van der Waals surface area contributed by atoms with Crippen molar-refractivity contribution < 1.29 is 13.5 Å². The van der Waals surface area contributed by atoms with Crippen LogP contribution >= 0.6 is 0 Å². The summed E-state index contributed by atoms with van der Waals surface area (Å²) in [6, 6.07) is 6.20. The third-order valence-electron chi connectivity index (χ3n) is 2.76. The smallest absolute Gasteiger partial charge is 0.240 e. The molecule has 0 saturated heterocycles. The highest BCUT2D eigenvalue weighted by Crippen LogP contribution is 2.12. The first kappa shape index (κ1) is 16.1. The summed E-state index contributed by atoms with van der Waals surface area (Å²) >= 11 is 0. The van der Waals surface area contributed by atoms with E-state index >= 15 is 0 Å². The van der Waals surface area contributed by atoms with Gasteiger partial charge in [-0.1, -0.05) is 12.1 Å². The molecule has 0 radical (unpaired) electrons. The molecule has 0 fully saturated rings. The van der Waals surface area contributed by atoms with Crippen molar-refractivity contribution in [2.24, 2.45) is 0 Å². The number of rotatable bonds is 7. The van der Waals surface area contributed by atoms with Crippen LogP contribution in [-0.2, 0) is 16.6 Å². The lowest BCUT2D eigenvalue weighted by Gasteiger charge is -2.17. The molecule has 0 spiro atoms. The van der Waals surface area contributed by atoms with Gasteiger partial charge in [0.1, 0.15) is 0 Å². The summed E-state index contributed by atoms with van der Waals surface area (Å²) < 4.78 is 26.9. The fraction of sp³-hybridized carbons (Fsp3) is 0.538. The van der Waals surface area contributed by atoms with Crippen molar-refractivity contribution in [3.05, 3.63) is 29.8 Å². The van der Waals surface area contributed by atoms with E-state index in [-0.39, 0.29) is 17.5 Å². The molecule has 1 aromatic carbocycles. The van der Waals surface area contributed by atoms with Crippen LogP contribution in [0, 0.1) is 0 Å². The number of nitrogens with one attached hydrogen (secondary N) is 1. The Labute approximate surface area is 115 Å². The Morgan fingerprint density at radius 2 is 2.05 bits per heavy atom. The average Bonchev–Trinajstić information content (AvgIpc) is 2.36. The summed E-state index contributed by atoms with van der Waals surface area (Å²) in [6.07, 6.45) is 0.742. The monoisotopic (exact) mass is 286 g/mol. The number of hydrogen-bond donors (Lipinski definition) is 2. The largest absolute Gasteiger partial charge is 0.392 e. The Balaban J connectivity index is 2.74. The molecule has 108 valence electrons. The predicted octanol–water partition coefficient (Wildman–Crippen LogP) is 0.797. The van der Waals surface area contributed by atoms with Crippen LogP contribution in [0.25, 0.3) is 0 Å². The van der Waals surface area contributed by atoms with Crippen molar-refractivity contribution in [1.29, 1.82) is 0 Å². The molecule has 6 heteroatoms. The van der Waals surface area contributed by atoms with Gasteiger partial charge < -0.3 is 10.0 Å². The summed E-state index contributed by atoms with van der Waals surface area (Å²) in [5.41, 5.74) is 0.587. The molecule has 5 nitrogen and oxygen atoms in total. The van der Waals surface area contributed by atoms with Crippen molar-refractivity contribution in [3.8, 4) is 0 Å². The molecule has 0 amide bonds. The first-order chi connectivity index (χ1) is 8.85. The zero-order chi connectivity index (χ0) is 14.5. The van der Waals surface area contributed by atoms with Crippen LogP contribution < -0.4 is 4.72 Å². The molecule has 1 unspecified atom stereocenters. The molecule has 0 aromatic heterocycles. The standard InChI is InChI=1S/C13H22N2O3S/c1-11(7-8-15(2)3)14-19(17,18)13-6-4-5-12(9-13)10-16/h4-6,9,11,14,16H,7-8,10H2,1-3H3. The topological polar surface area (TPSA) is 69.6 Å². The lowest BCUT2D eigenvalue weighted by molar-refractivity contribution is 0.281. The van der Waals surface area contributed by atoms with Gasteiger partial charge in [0.15, 0.2) is 0 Å². The van der Waals surface area contributed by atoms with E-state index in [0.717, 1.165) is 13.0 Å². The Morgan fingerprint density at radius 1 is 1.37 bits per heavy atom. The van der Waals surface area contributed by atoms with Crippen LogP contribution in [0.2, 0.25) is 0 Å². The SMILES string of the molecule is CC(CCN(C)C)NS(=O)(=O)c1cccc(CO)c1. The van der Waals surface area contributed by atoms with E-state index < -0.39 is 10.0 Å². The van der Waals surface area contributed by atoms with Gasteiger partial charge in [-0.05, 0) is 51.7 Å². The maximum atomic E-state index is 12.1. The summed E-state index contributed by atoms with van der Waals surface area (Å²) in [5.74, 6) is 0. The highest BCUT2D eigenvalue weighted by atomic mass is 32.2. The summed E-state index contributed by atoms with van der Waals surface area (Å²) in [7, 11) is 0.381. The Hall–Kier alpha value is -0.950. The zero-order valence-electron chi connectivity index (χ0n) is 11.6. The maximum absolute atomic E-state index is 12.1. The quantitative estimate of drug-likeness (QED) is 0.778. The van der Waals surface area contributed by atoms with Crippen LogP contribution in [0.15, 0.2) is 29.2 Å². The van der Waals surface area contributed by atoms with Gasteiger partial charge >= 0.3 is 0 Å². The van der Waals surface area contributed by atoms with Crippen LogP contribution in [-0.4, -0.2) is 45.1 Å². The van der Waals surface area contributed by atoms with Gasteiger partial charge in [0.05, 0.1) is 11.5 Å². The first-order valence-corrected chi connectivity index (χ1v) is 7.70. The second kappa shape index (κ2) is 7.00. The van der Waals surface area contributed by atoms with Crippen molar-refractivity contribution >= 4 is 10.0 Å². The number of aliphatic hydroxyl groups is 1. The van der Waals surface area contributed by atoms with Gasteiger partial charge in [-0.25, -0.2) is 13.1 Å². The van der Waals surface area contributed by atoms with E-state index in [2.05, 4.69) is 4.72 Å². The Morgan fingerprint density at radius 3 is 2.63 bits per heavy atom. The number of hydrogen-bond acceptors (Lipinski definition) is 4. The van der Waals surface area contributed by atoms with E-state index in [1.807, 2.05) is 25.9 Å². The molecule has 0 saturated carbocycles. The summed E-state index contributed by atoms with van der Waals surface area (Å²) in [4.78, 5) is 2.20.